The Bertz CT molecular complexity index is 464. The van der Waals surface area contributed by atoms with Crippen LogP contribution in [0.4, 0.5) is 8.78 Å². The summed E-state index contributed by atoms with van der Waals surface area (Å²) in [6.07, 6.45) is 0.958. The molecular weight excluding hydrogens is 314 g/mol. The molecule has 3 atom stereocenters. The summed E-state index contributed by atoms with van der Waals surface area (Å²) in [5.41, 5.74) is 0.111. The van der Waals surface area contributed by atoms with Gasteiger partial charge in [0.25, 0.3) is 6.43 Å². The van der Waals surface area contributed by atoms with Gasteiger partial charge in [0.15, 0.2) is 5.96 Å². The zero-order valence-electron chi connectivity index (χ0n) is 14.9. The number of piperidine rings is 1. The maximum atomic E-state index is 12.5. The molecule has 3 aliphatic rings. The Balaban J connectivity index is 1.48. The minimum atomic E-state index is -2.24. The molecule has 3 unspecified atom stereocenters. The topological polar surface area (TPSA) is 48.9 Å². The van der Waals surface area contributed by atoms with Crippen LogP contribution in [0.2, 0.25) is 0 Å². The first-order valence-electron chi connectivity index (χ1n) is 9.03. The monoisotopic (exact) mass is 344 g/mol. The normalized spacial score (nSPS) is 34.1. The third-order valence-electron chi connectivity index (χ3n) is 5.94. The molecule has 138 valence electrons. The van der Waals surface area contributed by atoms with Crippen LogP contribution in [0.1, 0.15) is 33.1 Å². The molecule has 1 saturated carbocycles. The second kappa shape index (κ2) is 7.12. The molecule has 2 saturated heterocycles. The molecule has 7 heteroatoms. The van der Waals surface area contributed by atoms with Gasteiger partial charge in [0, 0.05) is 50.2 Å². The summed E-state index contributed by atoms with van der Waals surface area (Å²) in [6.45, 7) is 6.66. The van der Waals surface area contributed by atoms with Crippen molar-refractivity contribution in [1.29, 1.82) is 0 Å². The minimum Gasteiger partial charge on any atom is -0.377 e. The van der Waals surface area contributed by atoms with E-state index < -0.39 is 6.43 Å². The highest BCUT2D eigenvalue weighted by atomic mass is 19.3. The fourth-order valence-electron chi connectivity index (χ4n) is 4.58. The van der Waals surface area contributed by atoms with Crippen molar-refractivity contribution < 1.29 is 13.5 Å². The first-order chi connectivity index (χ1) is 11.4. The highest BCUT2D eigenvalue weighted by Crippen LogP contribution is 2.52. The lowest BCUT2D eigenvalue weighted by Crippen LogP contribution is -2.68. The van der Waals surface area contributed by atoms with Crippen LogP contribution in [0.25, 0.3) is 0 Å². The average molecular weight is 344 g/mol. The lowest BCUT2D eigenvalue weighted by Gasteiger charge is -2.55. The molecule has 0 radical (unpaired) electrons. The number of halogens is 2. The van der Waals surface area contributed by atoms with Crippen molar-refractivity contribution in [2.24, 2.45) is 16.3 Å². The largest absolute Gasteiger partial charge is 0.377 e. The van der Waals surface area contributed by atoms with Crippen LogP contribution < -0.4 is 10.6 Å². The van der Waals surface area contributed by atoms with E-state index in [1.165, 1.54) is 0 Å². The van der Waals surface area contributed by atoms with Gasteiger partial charge in [-0.15, -0.1) is 0 Å². The van der Waals surface area contributed by atoms with Gasteiger partial charge in [0.05, 0.1) is 12.6 Å². The van der Waals surface area contributed by atoms with Crippen LogP contribution in [0.3, 0.4) is 0 Å². The number of likely N-dealkylation sites (tertiary alicyclic amines) is 1. The first-order valence-corrected chi connectivity index (χ1v) is 9.03. The standard InChI is InChI=1S/C17H30F2N4O/c1-17(2)14(12-6-9-24-15(12)17)22-16(20-3)21-11-4-7-23(8-5-11)10-13(18)19/h11-15H,4-10H2,1-3H3,(H2,20,21,22). The maximum absolute atomic E-state index is 12.5. The molecule has 1 aliphatic carbocycles. The lowest BCUT2D eigenvalue weighted by molar-refractivity contribution is -0.106. The van der Waals surface area contributed by atoms with E-state index >= 15 is 0 Å². The highest BCUT2D eigenvalue weighted by Gasteiger charge is 2.59. The van der Waals surface area contributed by atoms with Crippen LogP contribution in [-0.2, 0) is 4.74 Å². The molecule has 0 spiro atoms. The van der Waals surface area contributed by atoms with Gasteiger partial charge in [0.2, 0.25) is 0 Å². The third-order valence-corrected chi connectivity index (χ3v) is 5.94. The van der Waals surface area contributed by atoms with Crippen molar-refractivity contribution in [3.05, 3.63) is 0 Å². The van der Waals surface area contributed by atoms with E-state index in [0.29, 0.717) is 37.2 Å². The maximum Gasteiger partial charge on any atom is 0.251 e. The Morgan fingerprint density at radius 3 is 2.58 bits per heavy atom. The van der Waals surface area contributed by atoms with Gasteiger partial charge in [-0.2, -0.15) is 0 Å². The summed E-state index contributed by atoms with van der Waals surface area (Å²) in [4.78, 5) is 6.21. The predicted molar refractivity (Wildman–Crippen MR) is 90.5 cm³/mol. The second-order valence-corrected chi connectivity index (χ2v) is 7.87. The van der Waals surface area contributed by atoms with Gasteiger partial charge in [-0.3, -0.25) is 9.89 Å². The molecule has 3 rings (SSSR count). The van der Waals surface area contributed by atoms with Crippen molar-refractivity contribution in [2.75, 3.05) is 33.3 Å². The molecule has 0 bridgehead atoms. The zero-order valence-corrected chi connectivity index (χ0v) is 14.9. The number of aliphatic imine (C=N–C) groups is 1. The molecule has 2 heterocycles. The van der Waals surface area contributed by atoms with Gasteiger partial charge >= 0.3 is 0 Å². The summed E-state index contributed by atoms with van der Waals surface area (Å²) in [5, 5.41) is 7.06. The van der Waals surface area contributed by atoms with Crippen LogP contribution in [0.15, 0.2) is 4.99 Å². The Labute approximate surface area is 143 Å². The molecule has 0 aromatic rings. The quantitative estimate of drug-likeness (QED) is 0.602. The predicted octanol–water partition coefficient (Wildman–Crippen LogP) is 1.69. The smallest absolute Gasteiger partial charge is 0.251 e. The number of nitrogens with one attached hydrogen (secondary N) is 2. The second-order valence-electron chi connectivity index (χ2n) is 7.87. The Morgan fingerprint density at radius 1 is 1.25 bits per heavy atom. The minimum absolute atomic E-state index is 0.111. The van der Waals surface area contributed by atoms with Crippen molar-refractivity contribution >= 4 is 5.96 Å². The van der Waals surface area contributed by atoms with Crippen molar-refractivity contribution in [2.45, 2.75) is 57.7 Å². The fraction of sp³-hybridized carbons (Fsp3) is 0.941. The number of alkyl halides is 2. The number of hydrogen-bond donors (Lipinski definition) is 2. The Hall–Kier alpha value is -0.950. The Kier molecular flexibility index (Phi) is 5.30. The molecule has 0 amide bonds. The third kappa shape index (κ3) is 3.52. The van der Waals surface area contributed by atoms with Crippen LogP contribution in [0, 0.1) is 11.3 Å². The van der Waals surface area contributed by atoms with Crippen LogP contribution in [0.5, 0.6) is 0 Å². The molecule has 0 aromatic heterocycles. The van der Waals surface area contributed by atoms with E-state index in [0.717, 1.165) is 31.8 Å². The van der Waals surface area contributed by atoms with Crippen LogP contribution in [-0.4, -0.2) is 68.8 Å². The SMILES string of the molecule is CN=C(NC1CCN(CC(F)F)CC1)NC1C2CCOC2C1(C)C. The summed E-state index contributed by atoms with van der Waals surface area (Å²) >= 11 is 0. The fourth-order valence-corrected chi connectivity index (χ4v) is 4.58. The van der Waals surface area contributed by atoms with Crippen molar-refractivity contribution in [3.8, 4) is 0 Å². The van der Waals surface area contributed by atoms with Crippen LogP contribution >= 0.6 is 0 Å². The highest BCUT2D eigenvalue weighted by molar-refractivity contribution is 5.80. The molecule has 24 heavy (non-hydrogen) atoms. The summed E-state index contributed by atoms with van der Waals surface area (Å²) < 4.78 is 30.7. The molecule has 2 N–H and O–H groups in total. The van der Waals surface area contributed by atoms with Gasteiger partial charge in [-0.1, -0.05) is 13.8 Å². The number of fused-ring (bicyclic) bond motifs is 1. The summed E-state index contributed by atoms with van der Waals surface area (Å²) in [5.74, 6) is 1.39. The van der Waals surface area contributed by atoms with E-state index in [1.807, 2.05) is 4.90 Å². The number of ether oxygens (including phenoxy) is 1. The molecule has 5 nitrogen and oxygen atoms in total. The number of guanidine groups is 1. The molecule has 3 fully saturated rings. The van der Waals surface area contributed by atoms with E-state index in [4.69, 9.17) is 4.74 Å². The van der Waals surface area contributed by atoms with Gasteiger partial charge < -0.3 is 15.4 Å². The first kappa shape index (κ1) is 17.9. The average Bonchev–Trinajstić information content (AvgIpc) is 2.99. The van der Waals surface area contributed by atoms with E-state index in [9.17, 15) is 8.78 Å². The van der Waals surface area contributed by atoms with E-state index in [-0.39, 0.29) is 12.0 Å². The molecular formula is C17H30F2N4O. The van der Waals surface area contributed by atoms with E-state index in [1.54, 1.807) is 7.05 Å². The van der Waals surface area contributed by atoms with Crippen molar-refractivity contribution in [3.63, 3.8) is 0 Å². The Morgan fingerprint density at radius 2 is 1.96 bits per heavy atom. The molecule has 2 aliphatic heterocycles. The van der Waals surface area contributed by atoms with Gasteiger partial charge in [-0.25, -0.2) is 8.78 Å². The summed E-state index contributed by atoms with van der Waals surface area (Å²) in [6, 6.07) is 0.666. The zero-order chi connectivity index (χ0) is 17.3. The number of hydrogen-bond acceptors (Lipinski definition) is 3. The number of nitrogens with zero attached hydrogens (tertiary/aromatic N) is 2. The molecule has 0 aromatic carbocycles. The summed E-state index contributed by atoms with van der Waals surface area (Å²) in [7, 11) is 1.79. The van der Waals surface area contributed by atoms with Crippen molar-refractivity contribution in [1.82, 2.24) is 15.5 Å². The lowest BCUT2D eigenvalue weighted by atomic mass is 9.57. The van der Waals surface area contributed by atoms with Gasteiger partial charge in [-0.05, 0) is 19.3 Å². The number of rotatable bonds is 4. The van der Waals surface area contributed by atoms with E-state index in [2.05, 4.69) is 29.5 Å². The van der Waals surface area contributed by atoms with Gasteiger partial charge in [0.1, 0.15) is 0 Å².